The Labute approximate surface area is 201 Å². The smallest absolute Gasteiger partial charge is 0.331 e. The summed E-state index contributed by atoms with van der Waals surface area (Å²) in [6, 6.07) is 4.82. The predicted molar refractivity (Wildman–Crippen MR) is 132 cm³/mol. The summed E-state index contributed by atoms with van der Waals surface area (Å²) in [4.78, 5) is 34.1. The van der Waals surface area contributed by atoms with Crippen LogP contribution >= 0.6 is 0 Å². The third-order valence-electron chi connectivity index (χ3n) is 3.94. The molecule has 1 rings (SSSR count). The second-order valence-electron chi connectivity index (χ2n) is 7.62. The van der Waals surface area contributed by atoms with Crippen LogP contribution in [-0.4, -0.2) is 44.2 Å². The van der Waals surface area contributed by atoms with Gasteiger partial charge in [0.25, 0.3) is 0 Å². The highest BCUT2D eigenvalue weighted by Crippen LogP contribution is 2.23. The molecule has 0 aliphatic heterocycles. The first-order chi connectivity index (χ1) is 16.0. The van der Waals surface area contributed by atoms with Crippen LogP contribution in [0.4, 0.5) is 11.4 Å². The van der Waals surface area contributed by atoms with Crippen LogP contribution in [0.1, 0.15) is 34.6 Å². The minimum absolute atomic E-state index is 0.0271. The van der Waals surface area contributed by atoms with E-state index in [1.165, 1.54) is 0 Å². The number of amides is 2. The molecule has 0 atom stereocenters. The van der Waals surface area contributed by atoms with Crippen molar-refractivity contribution in [1.82, 2.24) is 10.6 Å². The number of hydrogen-bond acceptors (Lipinski definition) is 8. The van der Waals surface area contributed by atoms with Gasteiger partial charge in [0.15, 0.2) is 0 Å². The predicted octanol–water partition coefficient (Wildman–Crippen LogP) is 2.43. The van der Waals surface area contributed by atoms with E-state index in [0.29, 0.717) is 34.9 Å². The number of benzene rings is 1. The highest BCUT2D eigenvalue weighted by molar-refractivity contribution is 5.95. The van der Waals surface area contributed by atoms with Crippen LogP contribution in [0.2, 0.25) is 0 Å². The average Bonchev–Trinajstić information content (AvgIpc) is 2.78. The minimum Gasteiger partial charge on any atom is -0.488 e. The molecular weight excluding hydrogens is 440 g/mol. The van der Waals surface area contributed by atoms with E-state index in [1.807, 2.05) is 20.8 Å². The fourth-order valence-corrected chi connectivity index (χ4v) is 2.03. The number of nitrogen functional groups attached to an aromatic ring is 2. The van der Waals surface area contributed by atoms with Gasteiger partial charge in [0.05, 0.1) is 22.7 Å². The van der Waals surface area contributed by atoms with E-state index < -0.39 is 11.9 Å². The van der Waals surface area contributed by atoms with Gasteiger partial charge in [-0.25, -0.2) is 4.79 Å². The number of allylic oxidation sites excluding steroid dienone is 2. The van der Waals surface area contributed by atoms with Crippen molar-refractivity contribution in [2.24, 2.45) is 0 Å². The molecule has 188 valence electrons. The van der Waals surface area contributed by atoms with Crippen LogP contribution in [0.3, 0.4) is 0 Å². The van der Waals surface area contributed by atoms with Gasteiger partial charge < -0.3 is 36.3 Å². The fraction of sp³-hybridized carbons (Fsp3) is 0.375. The summed E-state index contributed by atoms with van der Waals surface area (Å²) < 4.78 is 15.3. The summed E-state index contributed by atoms with van der Waals surface area (Å²) in [5.74, 6) is -0.825. The first-order valence-corrected chi connectivity index (χ1v) is 10.5. The number of hydrogen-bond donors (Lipinski definition) is 4. The maximum Gasteiger partial charge on any atom is 0.331 e. The number of methoxy groups -OCH3 is 1. The topological polar surface area (TPSA) is 155 Å². The fourth-order valence-electron chi connectivity index (χ4n) is 2.03. The molecule has 1 aromatic rings. The molecular formula is C24H36N4O6. The highest BCUT2D eigenvalue weighted by Gasteiger charge is 2.07. The zero-order valence-corrected chi connectivity index (χ0v) is 20.6. The molecule has 0 heterocycles. The molecule has 0 bridgehead atoms. The van der Waals surface area contributed by atoms with Gasteiger partial charge in [-0.3, -0.25) is 9.59 Å². The number of nitrogens with two attached hydrogens (primary N) is 2. The molecule has 10 nitrogen and oxygen atoms in total. The van der Waals surface area contributed by atoms with E-state index in [2.05, 4.69) is 10.6 Å². The summed E-state index contributed by atoms with van der Waals surface area (Å²) in [5, 5.41) is 5.01. The molecule has 34 heavy (non-hydrogen) atoms. The third-order valence-corrected chi connectivity index (χ3v) is 3.94. The van der Waals surface area contributed by atoms with Crippen LogP contribution in [0, 0.1) is 0 Å². The zero-order chi connectivity index (χ0) is 26.1. The van der Waals surface area contributed by atoms with Gasteiger partial charge in [-0.2, -0.15) is 0 Å². The van der Waals surface area contributed by atoms with E-state index in [9.17, 15) is 14.4 Å². The van der Waals surface area contributed by atoms with Gasteiger partial charge >= 0.3 is 5.97 Å². The molecule has 0 radical (unpaired) electrons. The molecule has 0 unspecified atom stereocenters. The molecule has 1 aromatic carbocycles. The molecule has 2 amide bonds. The SMILES string of the molecule is C/C=C(NC=O)\C(=C/C)NC(=O)/C=C/C(=O)OCCOc1ccc(N)cc1N.COC(C)(C)C. The summed E-state index contributed by atoms with van der Waals surface area (Å²) >= 11 is 0. The first kappa shape index (κ1) is 30.2. The lowest BCUT2D eigenvalue weighted by Gasteiger charge is -2.14. The molecule has 0 saturated carbocycles. The summed E-state index contributed by atoms with van der Waals surface area (Å²) in [7, 11) is 1.71. The average molecular weight is 477 g/mol. The van der Waals surface area contributed by atoms with Gasteiger partial charge in [-0.1, -0.05) is 12.2 Å². The van der Waals surface area contributed by atoms with Crippen molar-refractivity contribution in [3.05, 3.63) is 53.9 Å². The number of rotatable bonds is 10. The largest absolute Gasteiger partial charge is 0.488 e. The summed E-state index contributed by atoms with van der Waals surface area (Å²) in [6.45, 7) is 9.52. The van der Waals surface area contributed by atoms with Crippen LogP contribution in [0.15, 0.2) is 53.9 Å². The van der Waals surface area contributed by atoms with Crippen LogP contribution < -0.4 is 26.8 Å². The van der Waals surface area contributed by atoms with Crippen molar-refractivity contribution in [1.29, 1.82) is 0 Å². The van der Waals surface area contributed by atoms with Crippen molar-refractivity contribution >= 4 is 29.7 Å². The molecule has 0 aromatic heterocycles. The third kappa shape index (κ3) is 13.6. The number of anilines is 2. The second-order valence-corrected chi connectivity index (χ2v) is 7.62. The maximum atomic E-state index is 11.9. The van der Waals surface area contributed by atoms with Crippen LogP contribution in [0.25, 0.3) is 0 Å². The molecule has 0 spiro atoms. The summed E-state index contributed by atoms with van der Waals surface area (Å²) in [5.41, 5.74) is 13.1. The highest BCUT2D eigenvalue weighted by atomic mass is 16.6. The van der Waals surface area contributed by atoms with E-state index in [0.717, 1.165) is 12.2 Å². The Morgan fingerprint density at radius 1 is 1.03 bits per heavy atom. The van der Waals surface area contributed by atoms with Crippen molar-refractivity contribution < 1.29 is 28.6 Å². The number of carbonyl (C=O) groups excluding carboxylic acids is 3. The van der Waals surface area contributed by atoms with E-state index >= 15 is 0 Å². The normalized spacial score (nSPS) is 11.8. The van der Waals surface area contributed by atoms with E-state index in [4.69, 9.17) is 25.7 Å². The number of esters is 1. The van der Waals surface area contributed by atoms with Gasteiger partial charge in [0.2, 0.25) is 12.3 Å². The Morgan fingerprint density at radius 2 is 1.65 bits per heavy atom. The standard InChI is InChI=1S/C19H24N4O5.C5H12O/c1-3-15(22-12-24)16(4-2)23-18(25)7-8-19(26)28-10-9-27-17-6-5-13(20)11-14(17)21;1-5(2,3)6-4/h3-8,11-12H,9-10,20-21H2,1-2H3,(H,22,24)(H,23,25);1-4H3/b8-7+,15-3+,16-4+;. The van der Waals surface area contributed by atoms with E-state index in [-0.39, 0.29) is 18.8 Å². The van der Waals surface area contributed by atoms with Crippen LogP contribution in [0.5, 0.6) is 5.75 Å². The van der Waals surface area contributed by atoms with Crippen molar-refractivity contribution in [2.75, 3.05) is 31.8 Å². The molecule has 10 heteroatoms. The molecule has 6 N–H and O–H groups in total. The Hall–Kier alpha value is -3.79. The lowest BCUT2D eigenvalue weighted by Crippen LogP contribution is -2.26. The molecule has 0 aliphatic carbocycles. The molecule has 0 aliphatic rings. The van der Waals surface area contributed by atoms with Gasteiger partial charge in [-0.15, -0.1) is 0 Å². The van der Waals surface area contributed by atoms with Gasteiger partial charge in [-0.05, 0) is 52.8 Å². The van der Waals surface area contributed by atoms with Crippen LogP contribution in [-0.2, 0) is 23.9 Å². The van der Waals surface area contributed by atoms with Gasteiger partial charge in [0, 0.05) is 24.9 Å². The number of carbonyl (C=O) groups is 3. The Morgan fingerprint density at radius 3 is 2.15 bits per heavy atom. The quantitative estimate of drug-likeness (QED) is 0.100. The maximum absolute atomic E-state index is 11.9. The monoisotopic (exact) mass is 476 g/mol. The van der Waals surface area contributed by atoms with Crippen molar-refractivity contribution in [3.8, 4) is 5.75 Å². The van der Waals surface area contributed by atoms with Gasteiger partial charge in [0.1, 0.15) is 19.0 Å². The second kappa shape index (κ2) is 15.9. The molecule has 0 fully saturated rings. The Kier molecular flexibility index (Phi) is 14.1. The lowest BCUT2D eigenvalue weighted by atomic mass is 10.2. The number of ether oxygens (including phenoxy) is 3. The van der Waals surface area contributed by atoms with Crippen molar-refractivity contribution in [2.45, 2.75) is 40.2 Å². The lowest BCUT2D eigenvalue weighted by molar-refractivity contribution is -0.138. The Bertz CT molecular complexity index is 901. The zero-order valence-electron chi connectivity index (χ0n) is 20.6. The van der Waals surface area contributed by atoms with E-state index in [1.54, 1.807) is 51.3 Å². The molecule has 0 saturated heterocycles. The van der Waals surface area contributed by atoms with Crippen molar-refractivity contribution in [3.63, 3.8) is 0 Å². The first-order valence-electron chi connectivity index (χ1n) is 10.5. The number of nitrogens with one attached hydrogen (secondary N) is 2. The summed E-state index contributed by atoms with van der Waals surface area (Å²) in [6.07, 6.45) is 5.74. The Balaban J connectivity index is 0.00000160. The minimum atomic E-state index is -0.705.